The lowest BCUT2D eigenvalue weighted by atomic mass is 10.2. The number of benzene rings is 1. The van der Waals surface area contributed by atoms with Crippen LogP contribution in [0.3, 0.4) is 0 Å². The van der Waals surface area contributed by atoms with Crippen LogP contribution in [0.4, 0.5) is 4.39 Å². The third-order valence-corrected chi connectivity index (χ3v) is 4.32. The van der Waals surface area contributed by atoms with E-state index < -0.39 is 35.9 Å². The fourth-order valence-electron chi connectivity index (χ4n) is 2.53. The molecule has 1 aromatic carbocycles. The Kier molecular flexibility index (Phi) is 8.86. The van der Waals surface area contributed by atoms with E-state index >= 15 is 0 Å². The van der Waals surface area contributed by atoms with E-state index in [0.717, 1.165) is 4.90 Å². The highest BCUT2D eigenvalue weighted by molar-refractivity contribution is 6.08. The molecule has 1 aliphatic rings. The zero-order valence-electron chi connectivity index (χ0n) is 16.8. The predicted molar refractivity (Wildman–Crippen MR) is 101 cm³/mol. The van der Waals surface area contributed by atoms with E-state index in [9.17, 15) is 23.6 Å². The molecular weight excluding hydrogens is 385 g/mol. The first-order chi connectivity index (χ1) is 13.5. The van der Waals surface area contributed by atoms with Crippen LogP contribution in [0.2, 0.25) is 0 Å². The summed E-state index contributed by atoms with van der Waals surface area (Å²) in [6.07, 6.45) is -1.17. The van der Waals surface area contributed by atoms with Crippen LogP contribution >= 0.6 is 0 Å². The highest BCUT2D eigenvalue weighted by atomic mass is 19.1. The summed E-state index contributed by atoms with van der Waals surface area (Å²) in [6.45, 7) is 2.69. The second-order valence-corrected chi connectivity index (χ2v) is 6.78. The first-order valence-electron chi connectivity index (χ1n) is 8.91. The number of amides is 3. The maximum Gasteiger partial charge on any atom is 0.332 e. The van der Waals surface area contributed by atoms with Gasteiger partial charge >= 0.3 is 5.97 Å². The summed E-state index contributed by atoms with van der Waals surface area (Å²) in [6, 6.07) is 4.64. The minimum absolute atomic E-state index is 0.00315. The van der Waals surface area contributed by atoms with Crippen molar-refractivity contribution >= 4 is 23.7 Å². The molecule has 1 saturated heterocycles. The van der Waals surface area contributed by atoms with E-state index in [1.807, 2.05) is 0 Å². The number of halogens is 1. The van der Waals surface area contributed by atoms with Gasteiger partial charge in [-0.05, 0) is 34.0 Å². The van der Waals surface area contributed by atoms with Gasteiger partial charge in [-0.2, -0.15) is 0 Å². The molecule has 3 amide bonds. The number of aliphatic hydroxyl groups is 1. The number of aliphatic hydroxyl groups excluding tert-OH is 1. The number of rotatable bonds is 6. The monoisotopic (exact) mass is 411 g/mol. The van der Waals surface area contributed by atoms with Gasteiger partial charge in [0.15, 0.2) is 0 Å². The molecule has 0 radical (unpaired) electrons. The molecule has 0 aliphatic carbocycles. The minimum atomic E-state index is -1.23. The van der Waals surface area contributed by atoms with Crippen LogP contribution in [0.5, 0.6) is 0 Å². The minimum Gasteiger partial charge on any atom is -0.479 e. The number of likely N-dealkylation sites (tertiary alicyclic amines) is 1. The Morgan fingerprint density at radius 1 is 1.28 bits per heavy atom. The first kappa shape index (κ1) is 24.2. The Hall–Kier alpha value is -2.85. The number of hydrogen-bond donors (Lipinski definition) is 3. The molecule has 9 nitrogen and oxygen atoms in total. The van der Waals surface area contributed by atoms with Crippen LogP contribution in [0.1, 0.15) is 25.8 Å². The number of carbonyl (C=O) groups is 4. The zero-order valence-corrected chi connectivity index (χ0v) is 16.8. The van der Waals surface area contributed by atoms with Crippen molar-refractivity contribution < 1.29 is 33.8 Å². The van der Waals surface area contributed by atoms with Crippen molar-refractivity contribution in [3.63, 3.8) is 0 Å². The fraction of sp³-hybridized carbons (Fsp3) is 0.474. The standard InChI is InChI=1S/C16H20FN3O3.C3H6O3/c1-10(20-14(21)8-13(16(20)23)19(2)3)15(22)18-9-11-6-4-5-7-12(11)17;1-2(4)3(5)6/h4-7,10,13H,8-9H2,1-3H3,(H,18,22);2,4H,1H3,(H,5,6). The average Bonchev–Trinajstić information content (AvgIpc) is 2.95. The molecule has 1 aliphatic heterocycles. The van der Waals surface area contributed by atoms with E-state index in [0.29, 0.717) is 5.56 Å². The molecule has 0 bridgehead atoms. The van der Waals surface area contributed by atoms with Crippen molar-refractivity contribution in [3.05, 3.63) is 35.6 Å². The number of carboxylic acid groups (broad SMARTS) is 1. The molecule has 3 atom stereocenters. The van der Waals surface area contributed by atoms with E-state index in [1.54, 1.807) is 37.2 Å². The van der Waals surface area contributed by atoms with Gasteiger partial charge in [0.1, 0.15) is 18.0 Å². The zero-order chi connectivity index (χ0) is 22.3. The van der Waals surface area contributed by atoms with Gasteiger partial charge in [0.25, 0.3) is 0 Å². The van der Waals surface area contributed by atoms with Gasteiger partial charge in [-0.25, -0.2) is 9.18 Å². The van der Waals surface area contributed by atoms with Crippen molar-refractivity contribution in [1.29, 1.82) is 0 Å². The Balaban J connectivity index is 0.000000612. The second kappa shape index (κ2) is 10.6. The molecule has 10 heteroatoms. The lowest BCUT2D eigenvalue weighted by Gasteiger charge is -2.23. The smallest absolute Gasteiger partial charge is 0.332 e. The van der Waals surface area contributed by atoms with Gasteiger partial charge in [-0.15, -0.1) is 0 Å². The number of likely N-dealkylation sites (N-methyl/N-ethyl adjacent to an activating group) is 1. The van der Waals surface area contributed by atoms with Crippen molar-refractivity contribution in [2.75, 3.05) is 14.1 Å². The predicted octanol–water partition coefficient (Wildman–Crippen LogP) is -0.0287. The van der Waals surface area contributed by atoms with Crippen LogP contribution in [0.15, 0.2) is 24.3 Å². The number of nitrogens with one attached hydrogen (secondary N) is 1. The number of aliphatic carboxylic acids is 1. The molecule has 29 heavy (non-hydrogen) atoms. The molecule has 3 unspecified atom stereocenters. The average molecular weight is 411 g/mol. The molecule has 1 fully saturated rings. The van der Waals surface area contributed by atoms with Crippen molar-refractivity contribution in [1.82, 2.24) is 15.1 Å². The van der Waals surface area contributed by atoms with Crippen LogP contribution in [-0.4, -0.2) is 76.0 Å². The summed E-state index contributed by atoms with van der Waals surface area (Å²) in [4.78, 5) is 48.5. The van der Waals surface area contributed by atoms with Gasteiger partial charge in [0.2, 0.25) is 17.7 Å². The third-order valence-electron chi connectivity index (χ3n) is 4.32. The maximum atomic E-state index is 13.5. The summed E-state index contributed by atoms with van der Waals surface area (Å²) in [5.74, 6) is -2.85. The molecule has 1 aromatic rings. The summed E-state index contributed by atoms with van der Waals surface area (Å²) < 4.78 is 13.5. The summed E-state index contributed by atoms with van der Waals surface area (Å²) in [5.41, 5.74) is 0.346. The number of hydrogen-bond acceptors (Lipinski definition) is 6. The van der Waals surface area contributed by atoms with Crippen molar-refractivity contribution in [3.8, 4) is 0 Å². The molecule has 3 N–H and O–H groups in total. The van der Waals surface area contributed by atoms with Crippen molar-refractivity contribution in [2.24, 2.45) is 0 Å². The Morgan fingerprint density at radius 3 is 2.28 bits per heavy atom. The highest BCUT2D eigenvalue weighted by Crippen LogP contribution is 2.19. The fourth-order valence-corrected chi connectivity index (χ4v) is 2.53. The molecule has 0 saturated carbocycles. The topological polar surface area (TPSA) is 127 Å². The SMILES string of the molecule is CC(C(=O)NCc1ccccc1F)N1C(=O)CC(N(C)C)C1=O.CC(O)C(=O)O. The lowest BCUT2D eigenvalue weighted by Crippen LogP contribution is -2.49. The highest BCUT2D eigenvalue weighted by Gasteiger charge is 2.43. The molecule has 2 rings (SSSR count). The Bertz CT molecular complexity index is 768. The van der Waals surface area contributed by atoms with Gasteiger partial charge < -0.3 is 15.5 Å². The molecule has 160 valence electrons. The van der Waals surface area contributed by atoms with Crippen LogP contribution in [-0.2, 0) is 25.7 Å². The second-order valence-electron chi connectivity index (χ2n) is 6.78. The van der Waals surface area contributed by atoms with Gasteiger partial charge in [-0.1, -0.05) is 18.2 Å². The molecular formula is C19H26FN3O6. The largest absolute Gasteiger partial charge is 0.479 e. The Labute approximate surface area is 168 Å². The number of carbonyl (C=O) groups excluding carboxylic acids is 3. The van der Waals surface area contributed by atoms with E-state index in [1.165, 1.54) is 19.9 Å². The maximum absolute atomic E-state index is 13.5. The molecule has 0 spiro atoms. The van der Waals surface area contributed by atoms with E-state index in [2.05, 4.69) is 5.32 Å². The summed E-state index contributed by atoms with van der Waals surface area (Å²) >= 11 is 0. The van der Waals surface area contributed by atoms with E-state index in [-0.39, 0.29) is 24.8 Å². The Morgan fingerprint density at radius 2 is 1.83 bits per heavy atom. The lowest BCUT2D eigenvalue weighted by molar-refractivity contribution is -0.147. The molecule has 0 aromatic heterocycles. The van der Waals surface area contributed by atoms with Gasteiger partial charge in [0.05, 0.1) is 12.5 Å². The third kappa shape index (κ3) is 6.61. The number of imide groups is 1. The summed E-state index contributed by atoms with van der Waals surface area (Å²) in [5, 5.41) is 18.3. The molecule has 1 heterocycles. The van der Waals surface area contributed by atoms with Crippen LogP contribution < -0.4 is 5.32 Å². The quantitative estimate of drug-likeness (QED) is 0.561. The number of carboxylic acids is 1. The van der Waals surface area contributed by atoms with Crippen molar-refractivity contribution in [2.45, 2.75) is 45.0 Å². The normalized spacial score (nSPS) is 18.2. The van der Waals surface area contributed by atoms with E-state index in [4.69, 9.17) is 10.2 Å². The first-order valence-corrected chi connectivity index (χ1v) is 8.91. The number of nitrogens with zero attached hydrogens (tertiary/aromatic N) is 2. The van der Waals surface area contributed by atoms with Gasteiger partial charge in [-0.3, -0.25) is 24.2 Å². The van der Waals surface area contributed by atoms with Gasteiger partial charge in [0, 0.05) is 12.1 Å². The summed E-state index contributed by atoms with van der Waals surface area (Å²) in [7, 11) is 3.42. The van der Waals surface area contributed by atoms with Crippen LogP contribution in [0, 0.1) is 5.82 Å². The van der Waals surface area contributed by atoms with Crippen LogP contribution in [0.25, 0.3) is 0 Å².